The molecule has 0 radical (unpaired) electrons. The molecule has 4 aromatic carbocycles. The van der Waals surface area contributed by atoms with Crippen molar-refractivity contribution >= 4 is 16.5 Å². The summed E-state index contributed by atoms with van der Waals surface area (Å²) in [4.78, 5) is 2.55. The average Bonchev–Trinajstić information content (AvgIpc) is 3.34. The maximum absolute atomic E-state index is 12.9. The molecule has 1 spiro atoms. The molecule has 2 aliphatic rings. The molecule has 1 atom stereocenters. The van der Waals surface area contributed by atoms with Crippen molar-refractivity contribution in [1.29, 1.82) is 0 Å². The highest BCUT2D eigenvalue weighted by Gasteiger charge is 2.47. The van der Waals surface area contributed by atoms with Crippen LogP contribution in [0.3, 0.4) is 0 Å². The largest absolute Gasteiger partial charge is 0.573 e. The van der Waals surface area contributed by atoms with Gasteiger partial charge in [-0.05, 0) is 114 Å². The Morgan fingerprint density at radius 2 is 1.65 bits per heavy atom. The molecule has 1 aliphatic carbocycles. The quantitative estimate of drug-likeness (QED) is 0.146. The lowest BCUT2D eigenvalue weighted by atomic mass is 9.68. The van der Waals surface area contributed by atoms with Gasteiger partial charge in [-0.1, -0.05) is 107 Å². The Balaban J connectivity index is 1.40. The molecule has 3 nitrogen and oxygen atoms in total. The number of rotatable bonds is 11. The molecule has 0 saturated heterocycles. The second-order valence-corrected chi connectivity index (χ2v) is 15.0. The predicted octanol–water partition coefficient (Wildman–Crippen LogP) is 12.3. The summed E-state index contributed by atoms with van der Waals surface area (Å²) in [6.45, 7) is 14.5. The van der Waals surface area contributed by atoms with Gasteiger partial charge in [0.25, 0.3) is 0 Å². The summed E-state index contributed by atoms with van der Waals surface area (Å²) in [6, 6.07) is 25.5. The number of nitrogens with zero attached hydrogens (tertiary/aromatic N) is 1. The summed E-state index contributed by atoms with van der Waals surface area (Å²) in [5.74, 6) is 1.24. The molecular weight excluding hydrogens is 643 g/mol. The zero-order valence-corrected chi connectivity index (χ0v) is 30.6. The van der Waals surface area contributed by atoms with Crippen molar-refractivity contribution in [2.75, 3.05) is 18.6 Å². The van der Waals surface area contributed by atoms with Crippen molar-refractivity contribution in [3.8, 4) is 11.5 Å². The van der Waals surface area contributed by atoms with Gasteiger partial charge < -0.3 is 14.4 Å². The van der Waals surface area contributed by atoms with E-state index in [0.717, 1.165) is 53.6 Å². The molecule has 51 heavy (non-hydrogen) atoms. The molecule has 1 unspecified atom stereocenters. The van der Waals surface area contributed by atoms with Gasteiger partial charge in [-0.3, -0.25) is 0 Å². The number of hydrogen-bond donors (Lipinski definition) is 0. The molecule has 6 rings (SSSR count). The molecule has 0 aromatic heterocycles. The summed E-state index contributed by atoms with van der Waals surface area (Å²) in [7, 11) is 1.74. The topological polar surface area (TPSA) is 21.7 Å². The molecule has 1 saturated carbocycles. The molecule has 4 aromatic rings. The third-order valence-electron chi connectivity index (χ3n) is 11.2. The van der Waals surface area contributed by atoms with E-state index in [1.165, 1.54) is 59.3 Å². The van der Waals surface area contributed by atoms with Crippen LogP contribution in [0, 0.1) is 12.8 Å². The van der Waals surface area contributed by atoms with Crippen LogP contribution in [-0.2, 0) is 17.3 Å². The van der Waals surface area contributed by atoms with Crippen molar-refractivity contribution in [2.45, 2.75) is 89.8 Å². The van der Waals surface area contributed by atoms with E-state index in [4.69, 9.17) is 4.74 Å². The number of aryl methyl sites for hydroxylation is 1. The Morgan fingerprint density at radius 3 is 2.33 bits per heavy atom. The minimum atomic E-state index is -4.74. The lowest BCUT2D eigenvalue weighted by Gasteiger charge is -2.37. The predicted molar refractivity (Wildman–Crippen MR) is 204 cm³/mol. The lowest BCUT2D eigenvalue weighted by molar-refractivity contribution is -0.274. The van der Waals surface area contributed by atoms with E-state index in [0.29, 0.717) is 12.3 Å². The fourth-order valence-corrected chi connectivity index (χ4v) is 8.41. The zero-order chi connectivity index (χ0) is 36.4. The molecular formula is C45H50F3NO2. The Labute approximate surface area is 301 Å². The third-order valence-corrected chi connectivity index (χ3v) is 11.2. The fourth-order valence-electron chi connectivity index (χ4n) is 8.41. The monoisotopic (exact) mass is 693 g/mol. The van der Waals surface area contributed by atoms with E-state index < -0.39 is 11.8 Å². The highest BCUT2D eigenvalue weighted by molar-refractivity contribution is 5.87. The van der Waals surface area contributed by atoms with E-state index in [-0.39, 0.29) is 11.2 Å². The first-order chi connectivity index (χ1) is 24.3. The molecule has 0 N–H and O–H groups in total. The van der Waals surface area contributed by atoms with Crippen LogP contribution in [0.25, 0.3) is 10.8 Å². The van der Waals surface area contributed by atoms with E-state index in [2.05, 4.69) is 111 Å². The SMILES string of the molecule is C=C(/C=C/C=C1/N(CCC(C)C)c2ccc(OC)cc2C12CCCCC2)C(C)(Cc1ccc(OC(F)(F)F)cc1)c1ccc2ccccc2c1C. The van der Waals surface area contributed by atoms with Crippen LogP contribution >= 0.6 is 0 Å². The highest BCUT2D eigenvalue weighted by Crippen LogP contribution is 2.56. The first kappa shape index (κ1) is 36.3. The summed E-state index contributed by atoms with van der Waals surface area (Å²) in [6.07, 6.45) is 9.37. The third kappa shape index (κ3) is 7.47. The second-order valence-electron chi connectivity index (χ2n) is 15.0. The highest BCUT2D eigenvalue weighted by atomic mass is 19.4. The fraction of sp³-hybridized carbons (Fsp3) is 0.378. The number of anilines is 1. The van der Waals surface area contributed by atoms with Crippen LogP contribution < -0.4 is 14.4 Å². The average molecular weight is 694 g/mol. The van der Waals surface area contributed by atoms with Gasteiger partial charge >= 0.3 is 6.36 Å². The zero-order valence-electron chi connectivity index (χ0n) is 30.6. The Kier molecular flexibility index (Phi) is 10.4. The molecule has 1 heterocycles. The Hall–Kier alpha value is -4.45. The van der Waals surface area contributed by atoms with Gasteiger partial charge in [0.1, 0.15) is 11.5 Å². The number of hydrogen-bond acceptors (Lipinski definition) is 3. The summed E-state index contributed by atoms with van der Waals surface area (Å²) < 4.78 is 48.6. The van der Waals surface area contributed by atoms with Gasteiger partial charge in [-0.2, -0.15) is 0 Å². The van der Waals surface area contributed by atoms with Crippen LogP contribution in [0.5, 0.6) is 11.5 Å². The van der Waals surface area contributed by atoms with Gasteiger partial charge in [0.05, 0.1) is 7.11 Å². The van der Waals surface area contributed by atoms with Gasteiger partial charge in [-0.15, -0.1) is 13.2 Å². The number of methoxy groups -OCH3 is 1. The molecule has 1 fully saturated rings. The van der Waals surface area contributed by atoms with Crippen LogP contribution in [0.1, 0.15) is 81.5 Å². The van der Waals surface area contributed by atoms with Gasteiger partial charge in [-0.25, -0.2) is 0 Å². The van der Waals surface area contributed by atoms with Crippen molar-refractivity contribution in [3.63, 3.8) is 0 Å². The molecule has 1 aliphatic heterocycles. The van der Waals surface area contributed by atoms with Crippen LogP contribution in [0.4, 0.5) is 18.9 Å². The van der Waals surface area contributed by atoms with Crippen molar-refractivity contribution < 1.29 is 22.6 Å². The normalized spacial score (nSPS) is 17.7. The number of alkyl halides is 3. The minimum Gasteiger partial charge on any atom is -0.497 e. The maximum Gasteiger partial charge on any atom is 0.573 e. The summed E-state index contributed by atoms with van der Waals surface area (Å²) in [5, 5.41) is 2.34. The molecule has 268 valence electrons. The smallest absolute Gasteiger partial charge is 0.497 e. The number of fused-ring (bicyclic) bond motifs is 3. The van der Waals surface area contributed by atoms with Crippen LogP contribution in [0.2, 0.25) is 0 Å². The lowest BCUT2D eigenvalue weighted by Crippen LogP contribution is -2.34. The Bertz CT molecular complexity index is 1930. The number of benzene rings is 4. The number of halogens is 3. The molecule has 0 bridgehead atoms. The molecule has 6 heteroatoms. The second kappa shape index (κ2) is 14.7. The van der Waals surface area contributed by atoms with Gasteiger partial charge in [0, 0.05) is 28.8 Å². The van der Waals surface area contributed by atoms with Gasteiger partial charge in [0.2, 0.25) is 0 Å². The van der Waals surface area contributed by atoms with E-state index in [1.54, 1.807) is 19.2 Å². The van der Waals surface area contributed by atoms with E-state index in [1.807, 2.05) is 6.07 Å². The standard InChI is InChI=1S/C45H50F3NO2/c1-31(2)25-28-49-41-24-22-37(50-6)29-40(41)44(26-10-7-11-27-44)42(49)16-12-13-32(3)43(5,30-34-17-20-36(21-18-34)51-45(46,47)48)39-23-19-35-14-8-9-15-38(35)33(39)4/h8-9,12-24,29,31H,3,7,10-11,25-28,30H2,1-2,4-6H3/b13-12+,42-16+. The van der Waals surface area contributed by atoms with Crippen LogP contribution in [-0.4, -0.2) is 20.0 Å². The first-order valence-electron chi connectivity index (χ1n) is 18.2. The number of allylic oxidation sites excluding steroid dienone is 5. The molecule has 0 amide bonds. The van der Waals surface area contributed by atoms with Crippen molar-refractivity contribution in [3.05, 3.63) is 137 Å². The van der Waals surface area contributed by atoms with E-state index in [9.17, 15) is 13.2 Å². The van der Waals surface area contributed by atoms with Crippen LogP contribution in [0.15, 0.2) is 115 Å². The van der Waals surface area contributed by atoms with Crippen molar-refractivity contribution in [1.82, 2.24) is 0 Å². The maximum atomic E-state index is 12.9. The summed E-state index contributed by atoms with van der Waals surface area (Å²) >= 11 is 0. The van der Waals surface area contributed by atoms with E-state index >= 15 is 0 Å². The minimum absolute atomic E-state index is 0.0662. The number of ether oxygens (including phenoxy) is 2. The summed E-state index contributed by atoms with van der Waals surface area (Å²) in [5.41, 5.74) is 7.52. The first-order valence-corrected chi connectivity index (χ1v) is 18.2. The van der Waals surface area contributed by atoms with Crippen molar-refractivity contribution in [2.24, 2.45) is 5.92 Å². The van der Waals surface area contributed by atoms with Gasteiger partial charge in [0.15, 0.2) is 0 Å². The Morgan fingerprint density at radius 1 is 0.941 bits per heavy atom.